The molecule has 1 aliphatic heterocycles. The van der Waals surface area contributed by atoms with Crippen LogP contribution in [-0.2, 0) is 16.3 Å². The third kappa shape index (κ3) is 6.42. The van der Waals surface area contributed by atoms with Gasteiger partial charge in [0, 0.05) is 18.7 Å². The van der Waals surface area contributed by atoms with Crippen LogP contribution in [0.4, 0.5) is 33.9 Å². The number of hydrogen-bond donors (Lipinski definition) is 1. The van der Waals surface area contributed by atoms with Crippen molar-refractivity contribution in [1.82, 2.24) is 14.9 Å². The summed E-state index contributed by atoms with van der Waals surface area (Å²) in [5, 5.41) is 2.93. The van der Waals surface area contributed by atoms with Crippen LogP contribution in [0.1, 0.15) is 43.7 Å². The number of aromatic nitrogens is 2. The van der Waals surface area contributed by atoms with E-state index in [-0.39, 0.29) is 24.7 Å². The molecule has 1 N–H and O–H groups in total. The van der Waals surface area contributed by atoms with E-state index in [0.717, 1.165) is 25.0 Å². The summed E-state index contributed by atoms with van der Waals surface area (Å²) in [6.07, 6.45) is -1.76. The molecule has 1 aliphatic rings. The predicted octanol–water partition coefficient (Wildman–Crippen LogP) is 5.40. The van der Waals surface area contributed by atoms with Crippen LogP contribution < -0.4 is 5.32 Å². The van der Waals surface area contributed by atoms with Crippen molar-refractivity contribution in [3.8, 4) is 0 Å². The molecule has 1 fully saturated rings. The highest BCUT2D eigenvalue weighted by Crippen LogP contribution is 2.37. The Morgan fingerprint density at radius 1 is 1.19 bits per heavy atom. The Hall–Kier alpha value is -3.55. The molecule has 3 aromatic rings. The van der Waals surface area contributed by atoms with Gasteiger partial charge in [-0.15, -0.1) is 0 Å². The number of rotatable bonds is 4. The molecule has 0 aliphatic carbocycles. The van der Waals surface area contributed by atoms with E-state index in [2.05, 4.69) is 15.3 Å². The highest BCUT2D eigenvalue weighted by atomic mass is 32.1. The molecule has 9 nitrogen and oxygen atoms in total. The molecule has 0 spiro atoms. The number of fused-ring (bicyclic) bond motifs is 1. The van der Waals surface area contributed by atoms with E-state index in [1.807, 2.05) is 0 Å². The van der Waals surface area contributed by atoms with Gasteiger partial charge in [-0.2, -0.15) is 21.6 Å². The number of alkyl halides is 3. The molecule has 1 amide bonds. The van der Waals surface area contributed by atoms with Crippen LogP contribution in [0.3, 0.4) is 0 Å². The maximum Gasteiger partial charge on any atom is 0.427 e. The molecule has 0 atom stereocenters. The van der Waals surface area contributed by atoms with Crippen molar-refractivity contribution in [2.45, 2.75) is 51.3 Å². The molecule has 0 bridgehead atoms. The Morgan fingerprint density at radius 2 is 1.84 bits per heavy atom. The first kappa shape index (κ1) is 28.0. The van der Waals surface area contributed by atoms with E-state index in [1.165, 1.54) is 17.3 Å². The minimum atomic E-state index is -4.66. The molecular formula is C23H24F4N4O5S. The number of carbonyl (C=O) groups is 1. The number of aryl methyl sites for hydroxylation is 1. The maximum absolute atomic E-state index is 14.3. The number of nitrogens with one attached hydrogen (secondary N) is 1. The SMILES string of the molecule is Cc1ccc(Nc2ncnc3c(C4CCN(C(=O)OC(C)(C)C(F)(F)F)CC4)coc23)c(F)c1.O=S=O. The van der Waals surface area contributed by atoms with Gasteiger partial charge in [0.2, 0.25) is 5.60 Å². The summed E-state index contributed by atoms with van der Waals surface area (Å²) >= 11 is -0.750. The number of likely N-dealkylation sites (tertiary alicyclic amines) is 1. The lowest BCUT2D eigenvalue weighted by molar-refractivity contribution is -0.246. The van der Waals surface area contributed by atoms with Gasteiger partial charge in [-0.05, 0) is 57.2 Å². The molecule has 200 valence electrons. The van der Waals surface area contributed by atoms with Gasteiger partial charge in [0.05, 0.1) is 12.0 Å². The number of furan rings is 1. The van der Waals surface area contributed by atoms with Crippen LogP contribution in [0.15, 0.2) is 35.2 Å². The summed E-state index contributed by atoms with van der Waals surface area (Å²) in [6, 6.07) is 4.78. The zero-order valence-electron chi connectivity index (χ0n) is 20.1. The van der Waals surface area contributed by atoms with Gasteiger partial charge in [0.25, 0.3) is 0 Å². The first-order valence-electron chi connectivity index (χ1n) is 11.1. The Labute approximate surface area is 212 Å². The normalized spacial score (nSPS) is 14.6. The Balaban J connectivity index is 0.00000121. The smallest absolute Gasteiger partial charge is 0.427 e. The second-order valence-corrected chi connectivity index (χ2v) is 9.04. The van der Waals surface area contributed by atoms with E-state index in [1.54, 1.807) is 25.3 Å². The summed E-state index contributed by atoms with van der Waals surface area (Å²) in [5.41, 5.74) is 0.188. The molecule has 14 heteroatoms. The van der Waals surface area contributed by atoms with Crippen molar-refractivity contribution in [2.75, 3.05) is 18.4 Å². The minimum Gasteiger partial charge on any atom is -0.458 e. The molecule has 0 saturated carbocycles. The Bertz CT molecular complexity index is 1300. The molecule has 37 heavy (non-hydrogen) atoms. The second-order valence-electron chi connectivity index (χ2n) is 8.90. The summed E-state index contributed by atoms with van der Waals surface area (Å²) in [6.45, 7) is 3.90. The molecule has 2 aromatic heterocycles. The number of nitrogens with zero attached hydrogens (tertiary/aromatic N) is 3. The van der Waals surface area contributed by atoms with Gasteiger partial charge in [-0.25, -0.2) is 19.2 Å². The van der Waals surface area contributed by atoms with E-state index < -0.39 is 35.3 Å². The van der Waals surface area contributed by atoms with Crippen molar-refractivity contribution in [1.29, 1.82) is 0 Å². The molecule has 0 radical (unpaired) electrons. The number of halogens is 4. The summed E-state index contributed by atoms with van der Waals surface area (Å²) in [4.78, 5) is 22.0. The number of anilines is 2. The summed E-state index contributed by atoms with van der Waals surface area (Å²) < 4.78 is 80.3. The maximum atomic E-state index is 14.3. The van der Waals surface area contributed by atoms with E-state index >= 15 is 0 Å². The van der Waals surface area contributed by atoms with Gasteiger partial charge in [-0.1, -0.05) is 6.07 Å². The number of amides is 1. The van der Waals surface area contributed by atoms with Gasteiger partial charge in [0.15, 0.2) is 11.4 Å². The van der Waals surface area contributed by atoms with Crippen LogP contribution in [0.5, 0.6) is 0 Å². The van der Waals surface area contributed by atoms with Gasteiger partial charge >= 0.3 is 23.8 Å². The molecular weight excluding hydrogens is 520 g/mol. The third-order valence-electron chi connectivity index (χ3n) is 5.98. The van der Waals surface area contributed by atoms with Crippen LogP contribution >= 0.6 is 0 Å². The van der Waals surface area contributed by atoms with Gasteiger partial charge in [0.1, 0.15) is 17.7 Å². The van der Waals surface area contributed by atoms with Crippen LogP contribution in [0.2, 0.25) is 0 Å². The third-order valence-corrected chi connectivity index (χ3v) is 5.98. The average molecular weight is 545 g/mol. The first-order chi connectivity index (χ1) is 17.4. The molecule has 0 unspecified atom stereocenters. The van der Waals surface area contributed by atoms with E-state index in [4.69, 9.17) is 17.6 Å². The standard InChI is InChI=1S/C23H24F4N4O3.O2S/c1-13-4-5-17(16(24)10-13)30-20-19-18(28-12-29-20)15(11-33-19)14-6-8-31(9-7-14)21(32)34-22(2,3)23(25,26)27;1-3-2/h4-5,10-12,14H,6-9H2,1-3H3,(H,28,29,30);. The molecule has 1 aromatic carbocycles. The fraction of sp³-hybridized carbons (Fsp3) is 0.435. The van der Waals surface area contributed by atoms with Crippen molar-refractivity contribution in [3.05, 3.63) is 47.7 Å². The summed E-state index contributed by atoms with van der Waals surface area (Å²) in [5.74, 6) is -0.138. The number of ether oxygens (including phenoxy) is 1. The van der Waals surface area contributed by atoms with Crippen molar-refractivity contribution in [2.24, 2.45) is 0 Å². The fourth-order valence-corrected chi connectivity index (χ4v) is 3.81. The Morgan fingerprint density at radius 3 is 2.43 bits per heavy atom. The second kappa shape index (κ2) is 11.2. The summed E-state index contributed by atoms with van der Waals surface area (Å²) in [7, 11) is 0. The highest BCUT2D eigenvalue weighted by Gasteiger charge is 2.51. The van der Waals surface area contributed by atoms with E-state index in [0.29, 0.717) is 29.8 Å². The topological polar surface area (TPSA) is 115 Å². The average Bonchev–Trinajstić information content (AvgIpc) is 3.26. The Kier molecular flexibility index (Phi) is 8.51. The lowest BCUT2D eigenvalue weighted by atomic mass is 9.90. The van der Waals surface area contributed by atoms with Crippen molar-refractivity contribution in [3.63, 3.8) is 0 Å². The van der Waals surface area contributed by atoms with Crippen molar-refractivity contribution < 1.29 is 39.9 Å². The lowest BCUT2D eigenvalue weighted by Crippen LogP contribution is -2.48. The fourth-order valence-electron chi connectivity index (χ4n) is 3.81. The van der Waals surface area contributed by atoms with Crippen LogP contribution in [0, 0.1) is 12.7 Å². The number of benzene rings is 1. The largest absolute Gasteiger partial charge is 0.458 e. The van der Waals surface area contributed by atoms with Gasteiger partial charge in [-0.3, -0.25) is 0 Å². The lowest BCUT2D eigenvalue weighted by Gasteiger charge is -2.34. The zero-order valence-corrected chi connectivity index (χ0v) is 20.9. The molecule has 1 saturated heterocycles. The first-order valence-corrected chi connectivity index (χ1v) is 11.8. The molecule has 3 heterocycles. The van der Waals surface area contributed by atoms with Crippen LogP contribution in [0.25, 0.3) is 11.1 Å². The minimum absolute atomic E-state index is 0.0280. The molecule has 4 rings (SSSR count). The number of hydrogen-bond acceptors (Lipinski definition) is 8. The van der Waals surface area contributed by atoms with Crippen LogP contribution in [-0.4, -0.2) is 54.2 Å². The van der Waals surface area contributed by atoms with E-state index in [9.17, 15) is 22.4 Å². The number of carbonyl (C=O) groups excluding carboxylic acids is 1. The van der Waals surface area contributed by atoms with Gasteiger partial charge < -0.3 is 19.4 Å². The monoisotopic (exact) mass is 544 g/mol. The van der Waals surface area contributed by atoms with Crippen molar-refractivity contribution >= 4 is 40.3 Å². The number of piperidine rings is 1. The predicted molar refractivity (Wildman–Crippen MR) is 125 cm³/mol. The highest BCUT2D eigenvalue weighted by molar-refractivity contribution is 7.51. The quantitative estimate of drug-likeness (QED) is 0.434. The zero-order chi connectivity index (χ0) is 27.4.